The van der Waals surface area contributed by atoms with Crippen molar-refractivity contribution in [1.29, 1.82) is 0 Å². The van der Waals surface area contributed by atoms with Gasteiger partial charge in [0.05, 0.1) is 17.7 Å². The molecule has 3 aromatic carbocycles. The Labute approximate surface area is 200 Å². The van der Waals surface area contributed by atoms with Gasteiger partial charge in [-0.2, -0.15) is 0 Å². The fourth-order valence-electron chi connectivity index (χ4n) is 4.21. The van der Waals surface area contributed by atoms with E-state index in [2.05, 4.69) is 13.8 Å². The summed E-state index contributed by atoms with van der Waals surface area (Å²) in [6, 6.07) is 23.1. The first-order chi connectivity index (χ1) is 16.3. The van der Waals surface area contributed by atoms with Crippen LogP contribution in [0.25, 0.3) is 5.76 Å². The van der Waals surface area contributed by atoms with Crippen molar-refractivity contribution in [2.24, 2.45) is 0 Å². The van der Waals surface area contributed by atoms with E-state index in [0.717, 1.165) is 11.1 Å². The first-order valence-corrected chi connectivity index (χ1v) is 11.5. The average Bonchev–Trinajstić information content (AvgIpc) is 3.09. The van der Waals surface area contributed by atoms with Crippen molar-refractivity contribution in [3.63, 3.8) is 0 Å². The number of ketones is 1. The number of hydrogen-bond acceptors (Lipinski definition) is 4. The zero-order valence-electron chi connectivity index (χ0n) is 19.9. The predicted octanol–water partition coefficient (Wildman–Crippen LogP) is 6.22. The number of carbonyl (C=O) groups is 2. The highest BCUT2D eigenvalue weighted by molar-refractivity contribution is 6.51. The Morgan fingerprint density at radius 1 is 0.882 bits per heavy atom. The minimum Gasteiger partial charge on any atom is -0.507 e. The number of hydrogen-bond donors (Lipinski definition) is 1. The fraction of sp³-hybridized carbons (Fsp3) is 0.241. The number of Topliss-reactive ketones (excluding diaryl/α,β-unsaturated/α-hetero) is 1. The molecule has 1 heterocycles. The molecule has 0 saturated carbocycles. The third kappa shape index (κ3) is 4.46. The third-order valence-corrected chi connectivity index (χ3v) is 5.88. The molecule has 3 aromatic rings. The second-order valence-electron chi connectivity index (χ2n) is 9.02. The monoisotopic (exact) mass is 455 g/mol. The Morgan fingerprint density at radius 3 is 2.18 bits per heavy atom. The van der Waals surface area contributed by atoms with Crippen LogP contribution < -0.4 is 9.64 Å². The summed E-state index contributed by atoms with van der Waals surface area (Å²) in [6.45, 7) is 8.03. The van der Waals surface area contributed by atoms with Gasteiger partial charge in [-0.3, -0.25) is 14.5 Å². The highest BCUT2D eigenvalue weighted by atomic mass is 16.5. The van der Waals surface area contributed by atoms with E-state index in [1.54, 1.807) is 24.3 Å². The molecule has 174 valence electrons. The molecule has 4 rings (SSSR count). The van der Waals surface area contributed by atoms with Crippen LogP contribution in [0.3, 0.4) is 0 Å². The maximum absolute atomic E-state index is 13.3. The number of rotatable bonds is 6. The molecule has 34 heavy (non-hydrogen) atoms. The summed E-state index contributed by atoms with van der Waals surface area (Å²) in [5, 5.41) is 11.3. The SMILES string of the molecule is CC(C)Oc1cccc(/C(O)=C2/C(=O)C(=O)N(c3ccc(C(C)C)cc3)C2c2ccccc2)c1. The lowest BCUT2D eigenvalue weighted by atomic mass is 9.95. The topological polar surface area (TPSA) is 66.8 Å². The summed E-state index contributed by atoms with van der Waals surface area (Å²) in [7, 11) is 0. The Hall–Kier alpha value is -3.86. The van der Waals surface area contributed by atoms with E-state index in [-0.39, 0.29) is 17.4 Å². The predicted molar refractivity (Wildman–Crippen MR) is 134 cm³/mol. The lowest BCUT2D eigenvalue weighted by Crippen LogP contribution is -2.29. The van der Waals surface area contributed by atoms with Gasteiger partial charge in [0.15, 0.2) is 0 Å². The highest BCUT2D eigenvalue weighted by Gasteiger charge is 2.46. The van der Waals surface area contributed by atoms with Gasteiger partial charge in [0.2, 0.25) is 0 Å². The van der Waals surface area contributed by atoms with Crippen molar-refractivity contribution in [3.8, 4) is 5.75 Å². The van der Waals surface area contributed by atoms with E-state index < -0.39 is 17.7 Å². The number of aliphatic hydroxyl groups excluding tert-OH is 1. The third-order valence-electron chi connectivity index (χ3n) is 5.88. The molecule has 0 spiro atoms. The molecule has 1 saturated heterocycles. The fourth-order valence-corrected chi connectivity index (χ4v) is 4.21. The van der Waals surface area contributed by atoms with Crippen LogP contribution >= 0.6 is 0 Å². The molecule has 1 N–H and O–H groups in total. The smallest absolute Gasteiger partial charge is 0.300 e. The van der Waals surface area contributed by atoms with Crippen molar-refractivity contribution in [3.05, 3.63) is 101 Å². The number of benzene rings is 3. The lowest BCUT2D eigenvalue weighted by molar-refractivity contribution is -0.132. The van der Waals surface area contributed by atoms with Crippen LogP contribution in [0.1, 0.15) is 56.3 Å². The van der Waals surface area contributed by atoms with E-state index in [1.807, 2.05) is 68.4 Å². The zero-order chi connectivity index (χ0) is 24.4. The van der Waals surface area contributed by atoms with Gasteiger partial charge >= 0.3 is 0 Å². The molecule has 1 unspecified atom stereocenters. The van der Waals surface area contributed by atoms with Crippen LogP contribution in [0.4, 0.5) is 5.69 Å². The van der Waals surface area contributed by atoms with Crippen molar-refractivity contribution in [2.45, 2.75) is 45.8 Å². The van der Waals surface area contributed by atoms with Crippen LogP contribution in [-0.2, 0) is 9.59 Å². The molecule has 0 radical (unpaired) electrons. The molecule has 1 aliphatic heterocycles. The van der Waals surface area contributed by atoms with Crippen molar-refractivity contribution in [2.75, 3.05) is 4.90 Å². The molecule has 5 heteroatoms. The Kier molecular flexibility index (Phi) is 6.55. The first-order valence-electron chi connectivity index (χ1n) is 11.5. The van der Waals surface area contributed by atoms with Crippen LogP contribution in [0, 0.1) is 0 Å². The van der Waals surface area contributed by atoms with Gasteiger partial charge in [0, 0.05) is 11.3 Å². The van der Waals surface area contributed by atoms with Crippen LogP contribution in [0.5, 0.6) is 5.75 Å². The summed E-state index contributed by atoms with van der Waals surface area (Å²) in [4.78, 5) is 28.0. The largest absolute Gasteiger partial charge is 0.507 e. The summed E-state index contributed by atoms with van der Waals surface area (Å²) in [6.07, 6.45) is -0.0406. The van der Waals surface area contributed by atoms with Crippen molar-refractivity contribution >= 4 is 23.1 Å². The van der Waals surface area contributed by atoms with Crippen molar-refractivity contribution in [1.82, 2.24) is 0 Å². The first kappa shape index (κ1) is 23.3. The van der Waals surface area contributed by atoms with Crippen LogP contribution in [0.2, 0.25) is 0 Å². The molecular weight excluding hydrogens is 426 g/mol. The minimum absolute atomic E-state index is 0.0406. The van der Waals surface area contributed by atoms with Gasteiger partial charge in [-0.1, -0.05) is 68.4 Å². The van der Waals surface area contributed by atoms with E-state index in [4.69, 9.17) is 4.74 Å². The van der Waals surface area contributed by atoms with Gasteiger partial charge in [-0.25, -0.2) is 0 Å². The summed E-state index contributed by atoms with van der Waals surface area (Å²) < 4.78 is 5.75. The number of ether oxygens (including phenoxy) is 1. The molecule has 1 fully saturated rings. The van der Waals surface area contributed by atoms with Crippen LogP contribution in [0.15, 0.2) is 84.4 Å². The highest BCUT2D eigenvalue weighted by Crippen LogP contribution is 2.42. The number of anilines is 1. The second-order valence-corrected chi connectivity index (χ2v) is 9.02. The standard InChI is InChI=1S/C29H29NO4/c1-18(2)20-13-15-23(16-14-20)30-26(21-9-6-5-7-10-21)25(28(32)29(30)33)27(31)22-11-8-12-24(17-22)34-19(3)4/h5-19,26,31H,1-4H3/b27-25-. The van der Waals surface area contributed by atoms with E-state index in [0.29, 0.717) is 22.9 Å². The maximum atomic E-state index is 13.3. The van der Waals surface area contributed by atoms with E-state index in [9.17, 15) is 14.7 Å². The maximum Gasteiger partial charge on any atom is 0.300 e. The summed E-state index contributed by atoms with van der Waals surface area (Å²) >= 11 is 0. The molecule has 5 nitrogen and oxygen atoms in total. The molecule has 1 amide bonds. The van der Waals surface area contributed by atoms with Gasteiger partial charge in [0.1, 0.15) is 11.5 Å². The van der Waals surface area contributed by atoms with E-state index in [1.165, 1.54) is 4.90 Å². The lowest BCUT2D eigenvalue weighted by Gasteiger charge is -2.26. The molecule has 1 atom stereocenters. The zero-order valence-corrected chi connectivity index (χ0v) is 19.9. The van der Waals surface area contributed by atoms with Crippen LogP contribution in [-0.4, -0.2) is 22.9 Å². The van der Waals surface area contributed by atoms with Gasteiger partial charge in [0.25, 0.3) is 11.7 Å². The van der Waals surface area contributed by atoms with Gasteiger partial charge < -0.3 is 9.84 Å². The molecule has 1 aliphatic rings. The Morgan fingerprint density at radius 2 is 1.56 bits per heavy atom. The Bertz CT molecular complexity index is 1230. The average molecular weight is 456 g/mol. The van der Waals surface area contributed by atoms with Crippen molar-refractivity contribution < 1.29 is 19.4 Å². The second kappa shape index (κ2) is 9.56. The van der Waals surface area contributed by atoms with Gasteiger partial charge in [-0.15, -0.1) is 0 Å². The number of amides is 1. The molecular formula is C29H29NO4. The minimum atomic E-state index is -0.749. The summed E-state index contributed by atoms with van der Waals surface area (Å²) in [5.41, 5.74) is 2.97. The molecule has 0 aromatic heterocycles. The van der Waals surface area contributed by atoms with E-state index >= 15 is 0 Å². The summed E-state index contributed by atoms with van der Waals surface area (Å²) in [5.74, 6) is -0.678. The number of nitrogens with zero attached hydrogens (tertiary/aromatic N) is 1. The molecule has 0 bridgehead atoms. The normalized spacial score (nSPS) is 17.6. The van der Waals surface area contributed by atoms with Gasteiger partial charge in [-0.05, 0) is 55.2 Å². The number of carbonyl (C=O) groups excluding carboxylic acids is 2. The molecule has 0 aliphatic carbocycles. The quantitative estimate of drug-likeness (QED) is 0.272. The number of aliphatic hydroxyl groups is 1. The Balaban J connectivity index is 1.86.